The second-order valence-electron chi connectivity index (χ2n) is 15.9. The molecule has 0 saturated carbocycles. The number of amides is 5. The molecule has 0 aliphatic rings. The molecule has 13 nitrogen and oxygen atoms in total. The highest BCUT2D eigenvalue weighted by atomic mass is 16.5. The van der Waals surface area contributed by atoms with E-state index >= 15 is 0 Å². The van der Waals surface area contributed by atoms with E-state index in [4.69, 9.17) is 10.5 Å². The van der Waals surface area contributed by atoms with E-state index in [0.29, 0.717) is 25.7 Å². The van der Waals surface area contributed by atoms with E-state index in [9.17, 15) is 28.8 Å². The summed E-state index contributed by atoms with van der Waals surface area (Å²) < 4.78 is 4.86. The van der Waals surface area contributed by atoms with Gasteiger partial charge in [0.05, 0.1) is 7.11 Å². The topological polar surface area (TPSA) is 198 Å². The van der Waals surface area contributed by atoms with E-state index in [0.717, 1.165) is 5.56 Å². The number of esters is 1. The van der Waals surface area contributed by atoms with Crippen molar-refractivity contribution < 1.29 is 33.5 Å². The first kappa shape index (κ1) is 47.0. The van der Waals surface area contributed by atoms with Gasteiger partial charge < -0.3 is 37.1 Å². The molecule has 53 heavy (non-hydrogen) atoms. The van der Waals surface area contributed by atoms with Crippen molar-refractivity contribution in [3.63, 3.8) is 0 Å². The average molecular weight is 745 g/mol. The molecule has 13 heteroatoms. The number of carbonyl (C=O) groups is 6. The fourth-order valence-corrected chi connectivity index (χ4v) is 5.92. The van der Waals surface area contributed by atoms with E-state index in [1.165, 1.54) is 7.11 Å². The van der Waals surface area contributed by atoms with E-state index in [1.807, 2.05) is 85.7 Å². The maximum atomic E-state index is 14.0. The monoisotopic (exact) mass is 745 g/mol. The number of rotatable bonds is 23. The third-order valence-electron chi connectivity index (χ3n) is 9.09. The molecule has 0 heterocycles. The van der Waals surface area contributed by atoms with Gasteiger partial charge in [-0.25, -0.2) is 4.79 Å². The maximum Gasteiger partial charge on any atom is 0.328 e. The summed E-state index contributed by atoms with van der Waals surface area (Å²) in [4.78, 5) is 79.5. The third-order valence-corrected chi connectivity index (χ3v) is 9.09. The normalized spacial score (nSPS) is 15.5. The molecule has 1 aromatic rings. The lowest BCUT2D eigenvalue weighted by Crippen LogP contribution is -2.59. The van der Waals surface area contributed by atoms with Gasteiger partial charge in [0.2, 0.25) is 29.5 Å². The Morgan fingerprint density at radius 1 is 0.642 bits per heavy atom. The van der Waals surface area contributed by atoms with Gasteiger partial charge in [0, 0.05) is 24.9 Å². The van der Waals surface area contributed by atoms with Crippen molar-refractivity contribution in [3.05, 3.63) is 35.9 Å². The SMILES string of the molecule is CC[C@H](C)[C@H](NC(=O)C[C@H](N)[C@H](Cc1ccccc1)NC(=O)[C@H](CC(C)C)NC(=O)[C@@H](CC(C)C)NC(=O)CC(C)C)C(=O)N[C@H](C(=O)OC)C(C)C. The second kappa shape index (κ2) is 23.6. The zero-order chi connectivity index (χ0) is 40.4. The summed E-state index contributed by atoms with van der Waals surface area (Å²) in [7, 11) is 1.25. The van der Waals surface area contributed by atoms with Crippen LogP contribution in [0.1, 0.15) is 107 Å². The number of nitrogens with one attached hydrogen (secondary N) is 5. The molecule has 0 saturated heterocycles. The van der Waals surface area contributed by atoms with Gasteiger partial charge in [-0.05, 0) is 54.4 Å². The first-order valence-corrected chi connectivity index (χ1v) is 19.2. The van der Waals surface area contributed by atoms with Crippen molar-refractivity contribution in [2.45, 2.75) is 144 Å². The molecule has 0 aliphatic heterocycles. The van der Waals surface area contributed by atoms with Crippen molar-refractivity contribution in [1.29, 1.82) is 0 Å². The highest BCUT2D eigenvalue weighted by Crippen LogP contribution is 2.15. The van der Waals surface area contributed by atoms with Gasteiger partial charge in [-0.3, -0.25) is 24.0 Å². The van der Waals surface area contributed by atoms with Crippen LogP contribution in [0.25, 0.3) is 0 Å². The quantitative estimate of drug-likeness (QED) is 0.0917. The summed E-state index contributed by atoms with van der Waals surface area (Å²) in [6, 6.07) is 4.22. The summed E-state index contributed by atoms with van der Waals surface area (Å²) >= 11 is 0. The molecule has 0 aromatic heterocycles. The van der Waals surface area contributed by atoms with Crippen LogP contribution in [-0.4, -0.2) is 78.9 Å². The molecule has 0 spiro atoms. The van der Waals surface area contributed by atoms with E-state index < -0.39 is 65.8 Å². The van der Waals surface area contributed by atoms with Crippen molar-refractivity contribution in [3.8, 4) is 0 Å². The van der Waals surface area contributed by atoms with Gasteiger partial charge in [0.25, 0.3) is 0 Å². The molecule has 1 aromatic carbocycles. The maximum absolute atomic E-state index is 14.0. The fraction of sp³-hybridized carbons (Fsp3) is 0.700. The third kappa shape index (κ3) is 17.6. The molecule has 300 valence electrons. The number of carbonyl (C=O) groups excluding carboxylic acids is 6. The Labute approximate surface area is 317 Å². The predicted octanol–water partition coefficient (Wildman–Crippen LogP) is 3.38. The second-order valence-corrected chi connectivity index (χ2v) is 15.9. The first-order chi connectivity index (χ1) is 24.8. The lowest BCUT2D eigenvalue weighted by molar-refractivity contribution is -0.147. The molecular weight excluding hydrogens is 676 g/mol. The van der Waals surface area contributed by atoms with Crippen LogP contribution < -0.4 is 32.3 Å². The van der Waals surface area contributed by atoms with Crippen LogP contribution in [0.5, 0.6) is 0 Å². The summed E-state index contributed by atoms with van der Waals surface area (Å²) in [5, 5.41) is 14.3. The van der Waals surface area contributed by atoms with Crippen molar-refractivity contribution >= 4 is 35.5 Å². The Morgan fingerprint density at radius 3 is 1.66 bits per heavy atom. The first-order valence-electron chi connectivity index (χ1n) is 19.2. The number of methoxy groups -OCH3 is 1. The van der Waals surface area contributed by atoms with Gasteiger partial charge >= 0.3 is 5.97 Å². The Balaban J connectivity index is 3.29. The van der Waals surface area contributed by atoms with Crippen molar-refractivity contribution in [2.75, 3.05) is 7.11 Å². The largest absolute Gasteiger partial charge is 0.467 e. The Morgan fingerprint density at radius 2 is 1.17 bits per heavy atom. The average Bonchev–Trinajstić information content (AvgIpc) is 3.07. The summed E-state index contributed by atoms with van der Waals surface area (Å²) in [6.45, 7) is 19.0. The highest BCUT2D eigenvalue weighted by Gasteiger charge is 2.34. The van der Waals surface area contributed by atoms with Crippen LogP contribution in [0.2, 0.25) is 0 Å². The molecule has 7 N–H and O–H groups in total. The predicted molar refractivity (Wildman–Crippen MR) is 207 cm³/mol. The molecule has 5 amide bonds. The highest BCUT2D eigenvalue weighted by molar-refractivity contribution is 5.93. The van der Waals surface area contributed by atoms with Gasteiger partial charge in [-0.2, -0.15) is 0 Å². The molecule has 0 fully saturated rings. The number of hydrogen-bond acceptors (Lipinski definition) is 8. The van der Waals surface area contributed by atoms with Crippen LogP contribution in [0.15, 0.2) is 30.3 Å². The van der Waals surface area contributed by atoms with Crippen LogP contribution in [0.3, 0.4) is 0 Å². The summed E-state index contributed by atoms with van der Waals surface area (Å²) in [5.41, 5.74) is 7.56. The molecule has 7 atom stereocenters. The van der Waals surface area contributed by atoms with Gasteiger partial charge in [-0.15, -0.1) is 0 Å². The number of hydrogen-bond donors (Lipinski definition) is 6. The van der Waals surface area contributed by atoms with Crippen LogP contribution in [0.4, 0.5) is 0 Å². The Kier molecular flexibility index (Phi) is 21.0. The zero-order valence-electron chi connectivity index (χ0n) is 33.9. The molecule has 1 rings (SSSR count). The van der Waals surface area contributed by atoms with Crippen molar-refractivity contribution in [2.24, 2.45) is 35.3 Å². The summed E-state index contributed by atoms with van der Waals surface area (Å²) in [5.74, 6) is -2.97. The minimum atomic E-state index is -0.946. The van der Waals surface area contributed by atoms with Crippen LogP contribution >= 0.6 is 0 Å². The summed E-state index contributed by atoms with van der Waals surface area (Å²) in [6.07, 6.45) is 1.66. The minimum absolute atomic E-state index is 0.0373. The van der Waals surface area contributed by atoms with Crippen molar-refractivity contribution in [1.82, 2.24) is 26.6 Å². The van der Waals surface area contributed by atoms with E-state index in [1.54, 1.807) is 13.8 Å². The molecule has 0 radical (unpaired) electrons. The van der Waals surface area contributed by atoms with Gasteiger partial charge in [0.1, 0.15) is 24.2 Å². The number of ether oxygens (including phenoxy) is 1. The minimum Gasteiger partial charge on any atom is -0.467 e. The van der Waals surface area contributed by atoms with Crippen LogP contribution in [-0.2, 0) is 39.9 Å². The van der Waals surface area contributed by atoms with Gasteiger partial charge in [-0.1, -0.05) is 106 Å². The number of benzene rings is 1. The molecular formula is C40H68N6O7. The smallest absolute Gasteiger partial charge is 0.328 e. The zero-order valence-corrected chi connectivity index (χ0v) is 33.9. The van der Waals surface area contributed by atoms with Crippen LogP contribution in [0, 0.1) is 29.6 Å². The lowest BCUT2D eigenvalue weighted by atomic mass is 9.94. The lowest BCUT2D eigenvalue weighted by Gasteiger charge is -2.30. The Bertz CT molecular complexity index is 1320. The molecule has 0 bridgehead atoms. The molecule has 0 unspecified atom stereocenters. The van der Waals surface area contributed by atoms with Gasteiger partial charge in [0.15, 0.2) is 0 Å². The molecule has 0 aliphatic carbocycles. The Hall–Kier alpha value is -4.00. The van der Waals surface area contributed by atoms with E-state index in [2.05, 4.69) is 26.6 Å². The number of nitrogens with two attached hydrogens (primary N) is 1. The standard InChI is InChI=1S/C40H68N6O7/c1-12-27(10)36(39(51)46-35(26(8)9)40(52)53-11)45-34(48)22-29(41)30(21-28-16-14-13-15-17-28)43-38(50)32(19-24(4)5)44-37(49)31(18-23(2)3)42-33(47)20-25(6)7/h13-17,23-27,29-32,35-36H,12,18-22,41H2,1-11H3,(H,42,47)(H,43,50)(H,44,49)(H,45,48)(H,46,51)/t27-,29-,30-,31+,32-,35-,36-/m0/s1. The fourth-order valence-electron chi connectivity index (χ4n) is 5.92. The van der Waals surface area contributed by atoms with E-state index in [-0.39, 0.29) is 48.3 Å².